The lowest BCUT2D eigenvalue weighted by Crippen LogP contribution is -2.53. The molecule has 1 atom stereocenters. The number of guanidine groups is 1. The van der Waals surface area contributed by atoms with Crippen LogP contribution in [0.25, 0.3) is 11.5 Å². The summed E-state index contributed by atoms with van der Waals surface area (Å²) < 4.78 is 26.2. The van der Waals surface area contributed by atoms with Crippen LogP contribution < -0.4 is 21.9 Å². The van der Waals surface area contributed by atoms with Gasteiger partial charge in [-0.25, -0.2) is 19.3 Å². The number of alkyl carbamates (subject to hydrolysis) is 1. The van der Waals surface area contributed by atoms with Gasteiger partial charge in [-0.15, -0.1) is 4.99 Å². The van der Waals surface area contributed by atoms with E-state index in [1.54, 1.807) is 75.3 Å². The normalized spacial score (nSPS) is 12.9. The molecule has 0 saturated heterocycles. The molecule has 1 unspecified atom stereocenters. The summed E-state index contributed by atoms with van der Waals surface area (Å²) in [5.41, 5.74) is 8.32. The second-order valence-electron chi connectivity index (χ2n) is 13.7. The van der Waals surface area contributed by atoms with Gasteiger partial charge in [0, 0.05) is 12.6 Å². The molecule has 18 nitrogen and oxygen atoms in total. The third-order valence-corrected chi connectivity index (χ3v) is 5.62. The number of ether oxygens (including phenoxy) is 3. The number of carbonyl (C=O) groups is 5. The van der Waals surface area contributed by atoms with Crippen molar-refractivity contribution in [2.24, 2.45) is 10.7 Å². The first kappa shape index (κ1) is 39.0. The van der Waals surface area contributed by atoms with Gasteiger partial charge in [0.1, 0.15) is 34.2 Å². The second kappa shape index (κ2) is 15.6. The number of nitrogens with zero attached hydrogens (tertiary/aromatic N) is 4. The first-order valence-electron chi connectivity index (χ1n) is 15.0. The highest BCUT2D eigenvalue weighted by atomic mass is 16.6. The number of aromatic nitrogens is 2. The molecule has 2 aromatic heterocycles. The Bertz CT molecular complexity index is 1510. The van der Waals surface area contributed by atoms with Crippen LogP contribution in [-0.2, 0) is 19.0 Å². The number of nitrogens with two attached hydrogens (primary N) is 1. The molecule has 2 aromatic rings. The van der Waals surface area contributed by atoms with Gasteiger partial charge in [0.05, 0.1) is 5.69 Å². The number of nitrogens with one attached hydrogen (secondary N) is 3. The Balaban J connectivity index is 2.24. The van der Waals surface area contributed by atoms with Crippen LogP contribution in [0.1, 0.15) is 97.0 Å². The minimum absolute atomic E-state index is 0.00648. The van der Waals surface area contributed by atoms with E-state index in [1.165, 1.54) is 6.92 Å². The molecule has 0 spiro atoms. The van der Waals surface area contributed by atoms with Crippen molar-refractivity contribution in [2.75, 3.05) is 6.54 Å². The van der Waals surface area contributed by atoms with Crippen molar-refractivity contribution in [1.82, 2.24) is 31.4 Å². The Hall–Kier alpha value is -5.16. The SMILES string of the molecule is Cc1cc(-c2onc(C)c2C(=O)NNC(=O)C(CCCN(C(=O)OC(C)(C)C)/C(N)=N/C(=O)OC(C)(C)C)NC(=O)OC(C)(C)C)no1. The topological polar surface area (TPSA) is 243 Å². The molecule has 2 heterocycles. The molecule has 0 fully saturated rings. The van der Waals surface area contributed by atoms with E-state index in [-0.39, 0.29) is 42.1 Å². The van der Waals surface area contributed by atoms with Crippen molar-refractivity contribution >= 4 is 36.1 Å². The third kappa shape index (κ3) is 12.9. The van der Waals surface area contributed by atoms with E-state index in [0.29, 0.717) is 5.76 Å². The number of aliphatic imine (C=N–C) groups is 1. The van der Waals surface area contributed by atoms with Crippen molar-refractivity contribution in [3.63, 3.8) is 0 Å². The van der Waals surface area contributed by atoms with E-state index in [9.17, 15) is 24.0 Å². The summed E-state index contributed by atoms with van der Waals surface area (Å²) in [5, 5.41) is 10.1. The number of rotatable bonds is 8. The molecule has 0 aliphatic heterocycles. The Morgan fingerprint density at radius 1 is 0.896 bits per heavy atom. The lowest BCUT2D eigenvalue weighted by molar-refractivity contribution is -0.124. The first-order chi connectivity index (χ1) is 22.0. The molecular formula is C30H46N8O10. The summed E-state index contributed by atoms with van der Waals surface area (Å²) >= 11 is 0. The zero-order valence-electron chi connectivity index (χ0n) is 29.2. The fourth-order valence-corrected chi connectivity index (χ4v) is 3.78. The minimum atomic E-state index is -1.29. The predicted octanol–water partition coefficient (Wildman–Crippen LogP) is 3.87. The van der Waals surface area contributed by atoms with Crippen molar-refractivity contribution in [3.8, 4) is 11.5 Å². The quantitative estimate of drug-likeness (QED) is 0.134. The van der Waals surface area contributed by atoms with E-state index in [0.717, 1.165) is 4.90 Å². The molecule has 0 aliphatic rings. The van der Waals surface area contributed by atoms with Gasteiger partial charge in [-0.3, -0.25) is 20.4 Å². The Morgan fingerprint density at radius 3 is 2.04 bits per heavy atom. The van der Waals surface area contributed by atoms with Gasteiger partial charge in [0.2, 0.25) is 11.7 Å². The van der Waals surface area contributed by atoms with E-state index >= 15 is 0 Å². The molecule has 0 bridgehead atoms. The van der Waals surface area contributed by atoms with E-state index in [4.69, 9.17) is 29.0 Å². The van der Waals surface area contributed by atoms with Gasteiger partial charge >= 0.3 is 18.3 Å². The zero-order valence-corrected chi connectivity index (χ0v) is 29.2. The van der Waals surface area contributed by atoms with Crippen LogP contribution in [0, 0.1) is 13.8 Å². The molecule has 18 heteroatoms. The number of hydrogen-bond donors (Lipinski definition) is 4. The predicted molar refractivity (Wildman–Crippen MR) is 170 cm³/mol. The number of carbonyl (C=O) groups excluding carboxylic acids is 5. The first-order valence-corrected chi connectivity index (χ1v) is 15.0. The Morgan fingerprint density at radius 2 is 1.50 bits per heavy atom. The van der Waals surface area contributed by atoms with Gasteiger partial charge < -0.3 is 34.3 Å². The van der Waals surface area contributed by atoms with Crippen LogP contribution in [0.15, 0.2) is 20.1 Å². The highest BCUT2D eigenvalue weighted by Gasteiger charge is 2.30. The lowest BCUT2D eigenvalue weighted by Gasteiger charge is -2.27. The van der Waals surface area contributed by atoms with Crippen LogP contribution in [0.5, 0.6) is 0 Å². The van der Waals surface area contributed by atoms with E-state index < -0.39 is 58.9 Å². The molecule has 5 N–H and O–H groups in total. The van der Waals surface area contributed by atoms with Gasteiger partial charge in [-0.05, 0) is 89.0 Å². The molecule has 0 saturated carbocycles. The summed E-state index contributed by atoms with van der Waals surface area (Å²) in [6.07, 6.45) is -2.94. The van der Waals surface area contributed by atoms with Crippen LogP contribution in [-0.4, -0.2) is 80.7 Å². The Kier molecular flexibility index (Phi) is 12.7. The highest BCUT2D eigenvalue weighted by molar-refractivity contribution is 6.01. The second-order valence-corrected chi connectivity index (χ2v) is 13.7. The average Bonchev–Trinajstić information content (AvgIpc) is 3.50. The molecule has 0 aromatic carbocycles. The minimum Gasteiger partial charge on any atom is -0.444 e. The number of hydrogen-bond acceptors (Lipinski definition) is 12. The summed E-state index contributed by atoms with van der Waals surface area (Å²) in [7, 11) is 0. The zero-order chi connectivity index (χ0) is 36.6. The van der Waals surface area contributed by atoms with E-state index in [1.807, 2.05) is 0 Å². The van der Waals surface area contributed by atoms with Gasteiger partial charge in [0.15, 0.2) is 5.69 Å². The maximum Gasteiger partial charge on any atom is 0.437 e. The number of aryl methyl sites for hydroxylation is 2. The van der Waals surface area contributed by atoms with Crippen molar-refractivity contribution in [3.05, 3.63) is 23.1 Å². The molecule has 0 aliphatic carbocycles. The summed E-state index contributed by atoms with van der Waals surface area (Å²) in [5.74, 6) is -1.63. The van der Waals surface area contributed by atoms with Gasteiger partial charge in [-0.2, -0.15) is 0 Å². The summed E-state index contributed by atoms with van der Waals surface area (Å²) in [6, 6.07) is 0.257. The molecule has 5 amide bonds. The van der Waals surface area contributed by atoms with Crippen LogP contribution in [0.3, 0.4) is 0 Å². The summed E-state index contributed by atoms with van der Waals surface area (Å²) in [6.45, 7) is 17.7. The molecular weight excluding hydrogens is 632 g/mol. The average molecular weight is 679 g/mol. The number of hydrazine groups is 1. The van der Waals surface area contributed by atoms with Gasteiger partial charge in [0.25, 0.3) is 11.8 Å². The molecule has 266 valence electrons. The van der Waals surface area contributed by atoms with E-state index in [2.05, 4.69) is 31.5 Å². The largest absolute Gasteiger partial charge is 0.444 e. The smallest absolute Gasteiger partial charge is 0.437 e. The summed E-state index contributed by atoms with van der Waals surface area (Å²) in [4.78, 5) is 68.9. The third-order valence-electron chi connectivity index (χ3n) is 5.62. The fraction of sp³-hybridized carbons (Fsp3) is 0.600. The highest BCUT2D eigenvalue weighted by Crippen LogP contribution is 2.25. The number of amides is 5. The Labute approximate surface area is 278 Å². The van der Waals surface area contributed by atoms with Crippen molar-refractivity contribution in [2.45, 2.75) is 112 Å². The molecule has 48 heavy (non-hydrogen) atoms. The standard InChI is InChI=1S/C30H46N8O10/c1-16-15-19(37-47-16)21-20(17(2)36-48-21)23(40)35-34-22(39)18(32-25(41)44-28(3,4)5)13-12-14-38(27(43)46-30(9,10)11)24(31)33-26(42)45-29(6,7)8/h15,18H,12-14H2,1-11H3,(H,32,41)(H,34,39)(H,35,40)(H2,31,33,42). The van der Waals surface area contributed by atoms with Crippen molar-refractivity contribution < 1.29 is 47.2 Å². The maximum atomic E-state index is 13.3. The molecule has 0 radical (unpaired) electrons. The monoisotopic (exact) mass is 678 g/mol. The fourth-order valence-electron chi connectivity index (χ4n) is 3.78. The lowest BCUT2D eigenvalue weighted by atomic mass is 10.1. The van der Waals surface area contributed by atoms with Crippen LogP contribution in [0.2, 0.25) is 0 Å². The maximum absolute atomic E-state index is 13.3. The van der Waals surface area contributed by atoms with Crippen molar-refractivity contribution in [1.29, 1.82) is 0 Å². The van der Waals surface area contributed by atoms with Gasteiger partial charge in [-0.1, -0.05) is 10.3 Å². The van der Waals surface area contributed by atoms with Crippen LogP contribution in [0.4, 0.5) is 14.4 Å². The van der Waals surface area contributed by atoms with Crippen LogP contribution >= 0.6 is 0 Å². The molecule has 2 rings (SSSR count).